The summed E-state index contributed by atoms with van der Waals surface area (Å²) in [5.41, 5.74) is 1.95. The van der Waals surface area contributed by atoms with Crippen LogP contribution >= 0.6 is 0 Å². The summed E-state index contributed by atoms with van der Waals surface area (Å²) in [5, 5.41) is 11.5. The van der Waals surface area contributed by atoms with E-state index in [0.717, 1.165) is 23.3 Å². The number of carboxylic acids is 1. The molecular weight excluding hydrogens is 273 g/mol. The molecule has 0 saturated heterocycles. The van der Waals surface area contributed by atoms with Crippen molar-refractivity contribution in [2.75, 3.05) is 5.32 Å². The van der Waals surface area contributed by atoms with E-state index in [1.807, 2.05) is 24.3 Å². The zero-order valence-electron chi connectivity index (χ0n) is 11.0. The van der Waals surface area contributed by atoms with Gasteiger partial charge in [-0.1, -0.05) is 24.3 Å². The monoisotopic (exact) mass is 285 g/mol. The van der Waals surface area contributed by atoms with Crippen LogP contribution in [0.1, 0.15) is 27.4 Å². The van der Waals surface area contributed by atoms with Gasteiger partial charge in [0.15, 0.2) is 0 Å². The molecule has 1 atom stereocenters. The quantitative estimate of drug-likeness (QED) is 0.911. The highest BCUT2D eigenvalue weighted by Crippen LogP contribution is 2.35. The van der Waals surface area contributed by atoms with Crippen molar-refractivity contribution in [2.45, 2.75) is 12.3 Å². The van der Waals surface area contributed by atoms with E-state index in [1.54, 1.807) is 0 Å². The standard InChI is InChI=1S/C16H12FNO3/c17-14-6-5-10(8-13(14)16(20)21)18-15(19)12-7-9-3-1-2-4-11(9)12/h1-6,8,12H,7H2,(H,18,19)(H,20,21). The smallest absolute Gasteiger partial charge is 0.338 e. The molecule has 0 fully saturated rings. The minimum Gasteiger partial charge on any atom is -0.478 e. The van der Waals surface area contributed by atoms with Crippen molar-refractivity contribution in [1.82, 2.24) is 0 Å². The highest BCUT2D eigenvalue weighted by atomic mass is 19.1. The van der Waals surface area contributed by atoms with Gasteiger partial charge < -0.3 is 10.4 Å². The average molecular weight is 285 g/mol. The normalized spacial score (nSPS) is 15.8. The van der Waals surface area contributed by atoms with Crippen LogP contribution in [0, 0.1) is 5.82 Å². The Morgan fingerprint density at radius 1 is 1.19 bits per heavy atom. The summed E-state index contributed by atoms with van der Waals surface area (Å²) in [5.74, 6) is -2.64. The van der Waals surface area contributed by atoms with Gasteiger partial charge in [0.2, 0.25) is 5.91 Å². The van der Waals surface area contributed by atoms with Gasteiger partial charge in [0, 0.05) is 5.69 Å². The summed E-state index contributed by atoms with van der Waals surface area (Å²) < 4.78 is 13.3. The molecule has 21 heavy (non-hydrogen) atoms. The summed E-state index contributed by atoms with van der Waals surface area (Å²) in [6.45, 7) is 0. The van der Waals surface area contributed by atoms with Crippen LogP contribution in [0.5, 0.6) is 0 Å². The Morgan fingerprint density at radius 3 is 2.67 bits per heavy atom. The number of carboxylic acid groups (broad SMARTS) is 1. The molecule has 1 aliphatic rings. The highest BCUT2D eigenvalue weighted by Gasteiger charge is 2.31. The van der Waals surface area contributed by atoms with Crippen LogP contribution in [0.2, 0.25) is 0 Å². The predicted molar refractivity (Wildman–Crippen MR) is 74.9 cm³/mol. The van der Waals surface area contributed by atoms with Crippen LogP contribution in [0.4, 0.5) is 10.1 Å². The molecule has 1 amide bonds. The first kappa shape index (κ1) is 13.3. The van der Waals surface area contributed by atoms with Gasteiger partial charge in [0.05, 0.1) is 11.5 Å². The van der Waals surface area contributed by atoms with Crippen LogP contribution in [0.15, 0.2) is 42.5 Å². The zero-order valence-corrected chi connectivity index (χ0v) is 11.0. The molecule has 2 N–H and O–H groups in total. The Kier molecular flexibility index (Phi) is 3.17. The molecule has 106 valence electrons. The van der Waals surface area contributed by atoms with Crippen molar-refractivity contribution >= 4 is 17.6 Å². The van der Waals surface area contributed by atoms with Crippen molar-refractivity contribution in [2.24, 2.45) is 0 Å². The molecule has 5 heteroatoms. The number of halogens is 1. The summed E-state index contributed by atoms with van der Waals surface area (Å²) in [6.07, 6.45) is 0.662. The van der Waals surface area contributed by atoms with E-state index < -0.39 is 17.3 Å². The van der Waals surface area contributed by atoms with E-state index in [-0.39, 0.29) is 17.5 Å². The molecule has 1 aliphatic carbocycles. The van der Waals surface area contributed by atoms with Gasteiger partial charge >= 0.3 is 5.97 Å². The molecule has 0 bridgehead atoms. The lowest BCUT2D eigenvalue weighted by Gasteiger charge is -2.28. The van der Waals surface area contributed by atoms with Gasteiger partial charge in [-0.2, -0.15) is 0 Å². The number of hydrogen-bond acceptors (Lipinski definition) is 2. The second kappa shape index (κ2) is 5.01. The largest absolute Gasteiger partial charge is 0.478 e. The van der Waals surface area contributed by atoms with Gasteiger partial charge in [-0.25, -0.2) is 9.18 Å². The maximum atomic E-state index is 13.3. The number of carbonyl (C=O) groups excluding carboxylic acids is 1. The third-order valence-corrected chi connectivity index (χ3v) is 3.64. The molecule has 0 saturated carbocycles. The molecular formula is C16H12FNO3. The van der Waals surface area contributed by atoms with Crippen LogP contribution < -0.4 is 5.32 Å². The Morgan fingerprint density at radius 2 is 1.95 bits per heavy atom. The first-order valence-corrected chi connectivity index (χ1v) is 6.48. The first-order chi connectivity index (χ1) is 10.1. The number of rotatable bonds is 3. The maximum Gasteiger partial charge on any atom is 0.338 e. The number of nitrogens with one attached hydrogen (secondary N) is 1. The van der Waals surface area contributed by atoms with Crippen molar-refractivity contribution < 1.29 is 19.1 Å². The van der Waals surface area contributed by atoms with Crippen LogP contribution in [0.25, 0.3) is 0 Å². The SMILES string of the molecule is O=C(O)c1cc(NC(=O)C2Cc3ccccc32)ccc1F. The molecule has 2 aromatic rings. The lowest BCUT2D eigenvalue weighted by Crippen LogP contribution is -2.30. The van der Waals surface area contributed by atoms with Gasteiger partial charge in [0.1, 0.15) is 5.82 Å². The molecule has 0 spiro atoms. The molecule has 4 nitrogen and oxygen atoms in total. The minimum absolute atomic E-state index is 0.211. The predicted octanol–water partition coefficient (Wildman–Crippen LogP) is 2.80. The molecule has 1 unspecified atom stereocenters. The van der Waals surface area contributed by atoms with Crippen LogP contribution in [-0.2, 0) is 11.2 Å². The van der Waals surface area contributed by atoms with Gasteiger partial charge in [-0.15, -0.1) is 0 Å². The Labute approximate surface area is 120 Å². The van der Waals surface area contributed by atoms with Crippen LogP contribution in [-0.4, -0.2) is 17.0 Å². The fourth-order valence-corrected chi connectivity index (χ4v) is 2.49. The van der Waals surface area contributed by atoms with E-state index in [0.29, 0.717) is 6.42 Å². The molecule has 0 heterocycles. The Balaban J connectivity index is 1.78. The van der Waals surface area contributed by atoms with Crippen molar-refractivity contribution in [3.05, 3.63) is 65.0 Å². The second-order valence-electron chi connectivity index (χ2n) is 4.94. The molecule has 2 aromatic carbocycles. The summed E-state index contributed by atoms with van der Waals surface area (Å²) in [6, 6.07) is 11.2. The van der Waals surface area contributed by atoms with E-state index in [9.17, 15) is 14.0 Å². The number of hydrogen-bond donors (Lipinski definition) is 2. The minimum atomic E-state index is -1.36. The van der Waals surface area contributed by atoms with Gasteiger partial charge in [-0.05, 0) is 35.7 Å². The Bertz CT molecular complexity index is 742. The zero-order chi connectivity index (χ0) is 15.0. The second-order valence-corrected chi connectivity index (χ2v) is 4.94. The third kappa shape index (κ3) is 2.38. The van der Waals surface area contributed by atoms with E-state index in [1.165, 1.54) is 6.07 Å². The summed E-state index contributed by atoms with van der Waals surface area (Å²) >= 11 is 0. The number of amides is 1. The number of benzene rings is 2. The van der Waals surface area contributed by atoms with E-state index in [4.69, 9.17) is 5.11 Å². The maximum absolute atomic E-state index is 13.3. The van der Waals surface area contributed by atoms with Gasteiger partial charge in [-0.3, -0.25) is 4.79 Å². The molecule has 0 radical (unpaired) electrons. The number of carbonyl (C=O) groups is 2. The Hall–Kier alpha value is -2.69. The highest BCUT2D eigenvalue weighted by molar-refractivity contribution is 5.99. The summed E-state index contributed by atoms with van der Waals surface area (Å²) in [7, 11) is 0. The third-order valence-electron chi connectivity index (χ3n) is 3.64. The van der Waals surface area contributed by atoms with Crippen molar-refractivity contribution in [3.63, 3.8) is 0 Å². The van der Waals surface area contributed by atoms with E-state index >= 15 is 0 Å². The molecule has 0 aliphatic heterocycles. The summed E-state index contributed by atoms with van der Waals surface area (Å²) in [4.78, 5) is 23.0. The number of aromatic carboxylic acids is 1. The number of fused-ring (bicyclic) bond motifs is 1. The fourth-order valence-electron chi connectivity index (χ4n) is 2.49. The fraction of sp³-hybridized carbons (Fsp3) is 0.125. The van der Waals surface area contributed by atoms with Crippen LogP contribution in [0.3, 0.4) is 0 Å². The molecule has 0 aromatic heterocycles. The molecule has 3 rings (SSSR count). The van der Waals surface area contributed by atoms with Crippen molar-refractivity contribution in [3.8, 4) is 0 Å². The van der Waals surface area contributed by atoms with Gasteiger partial charge in [0.25, 0.3) is 0 Å². The number of anilines is 1. The van der Waals surface area contributed by atoms with E-state index in [2.05, 4.69) is 5.32 Å². The van der Waals surface area contributed by atoms with Crippen molar-refractivity contribution in [1.29, 1.82) is 0 Å². The lowest BCUT2D eigenvalue weighted by atomic mass is 9.77. The topological polar surface area (TPSA) is 66.4 Å². The first-order valence-electron chi connectivity index (χ1n) is 6.48. The lowest BCUT2D eigenvalue weighted by molar-refractivity contribution is -0.118. The average Bonchev–Trinajstić information content (AvgIpc) is 2.42.